The average Bonchev–Trinajstić information content (AvgIpc) is 2.75. The van der Waals surface area contributed by atoms with E-state index in [0.29, 0.717) is 11.5 Å². The van der Waals surface area contributed by atoms with Gasteiger partial charge in [-0.15, -0.1) is 0 Å². The van der Waals surface area contributed by atoms with Crippen LogP contribution in [0.4, 0.5) is 5.82 Å². The van der Waals surface area contributed by atoms with Gasteiger partial charge in [-0.1, -0.05) is 6.07 Å². The van der Waals surface area contributed by atoms with Crippen LogP contribution in [0.3, 0.4) is 0 Å². The number of anilines is 1. The zero-order valence-corrected chi connectivity index (χ0v) is 15.9. The molecule has 0 aromatic carbocycles. The van der Waals surface area contributed by atoms with Crippen molar-refractivity contribution in [3.8, 4) is 22.3 Å². The van der Waals surface area contributed by atoms with Gasteiger partial charge in [0.25, 0.3) is 5.91 Å². The van der Waals surface area contributed by atoms with E-state index < -0.39 is 0 Å². The average molecular weight is 373 g/mol. The number of likely N-dealkylation sites (tertiary alicyclic amines) is 1. The summed E-state index contributed by atoms with van der Waals surface area (Å²) in [6.07, 6.45) is 8.63. The van der Waals surface area contributed by atoms with E-state index in [9.17, 15) is 4.79 Å². The van der Waals surface area contributed by atoms with Crippen molar-refractivity contribution in [1.82, 2.24) is 19.9 Å². The maximum Gasteiger partial charge on any atom is 0.272 e. The molecule has 3 aromatic rings. The van der Waals surface area contributed by atoms with E-state index in [-0.39, 0.29) is 5.91 Å². The van der Waals surface area contributed by atoms with E-state index in [1.807, 2.05) is 36.1 Å². The molecule has 1 saturated heterocycles. The van der Waals surface area contributed by atoms with Crippen LogP contribution in [-0.4, -0.2) is 38.8 Å². The molecule has 4 rings (SSSR count). The van der Waals surface area contributed by atoms with Crippen molar-refractivity contribution in [2.24, 2.45) is 0 Å². The van der Waals surface area contributed by atoms with Gasteiger partial charge < -0.3 is 10.6 Å². The van der Waals surface area contributed by atoms with Gasteiger partial charge in [-0.2, -0.15) is 0 Å². The Kier molecular flexibility index (Phi) is 5.02. The first-order valence-corrected chi connectivity index (χ1v) is 9.57. The minimum Gasteiger partial charge on any atom is -0.384 e. The van der Waals surface area contributed by atoms with E-state index in [2.05, 4.69) is 15.0 Å². The number of nitrogen functional groups attached to an aromatic ring is 1. The highest BCUT2D eigenvalue weighted by atomic mass is 16.2. The van der Waals surface area contributed by atoms with Crippen LogP contribution in [0.2, 0.25) is 0 Å². The van der Waals surface area contributed by atoms with Crippen molar-refractivity contribution in [3.05, 3.63) is 60.3 Å². The van der Waals surface area contributed by atoms with Gasteiger partial charge in [0.15, 0.2) is 0 Å². The zero-order chi connectivity index (χ0) is 19.5. The summed E-state index contributed by atoms with van der Waals surface area (Å²) in [6, 6.07) is 9.45. The Labute approximate surface area is 164 Å². The highest BCUT2D eigenvalue weighted by molar-refractivity contribution is 5.93. The lowest BCUT2D eigenvalue weighted by atomic mass is 9.95. The van der Waals surface area contributed by atoms with Crippen LogP contribution in [-0.2, 0) is 0 Å². The quantitative estimate of drug-likeness (QED) is 0.756. The molecule has 1 fully saturated rings. The SMILES string of the molecule is Cc1nccc(-c2ccc(C(=O)N3CCCCC3)nc2)c1-c1ccc(N)nc1. The largest absolute Gasteiger partial charge is 0.384 e. The maximum atomic E-state index is 12.7. The van der Waals surface area contributed by atoms with Crippen molar-refractivity contribution in [2.75, 3.05) is 18.8 Å². The molecule has 0 radical (unpaired) electrons. The van der Waals surface area contributed by atoms with E-state index in [1.165, 1.54) is 6.42 Å². The molecule has 0 aliphatic carbocycles. The summed E-state index contributed by atoms with van der Waals surface area (Å²) in [5.41, 5.74) is 11.0. The van der Waals surface area contributed by atoms with Gasteiger partial charge in [0.2, 0.25) is 0 Å². The molecule has 142 valence electrons. The summed E-state index contributed by atoms with van der Waals surface area (Å²) in [7, 11) is 0. The first-order chi connectivity index (χ1) is 13.6. The lowest BCUT2D eigenvalue weighted by Crippen LogP contribution is -2.36. The molecule has 1 aliphatic heterocycles. The normalized spacial score (nSPS) is 14.1. The van der Waals surface area contributed by atoms with E-state index in [0.717, 1.165) is 53.9 Å². The van der Waals surface area contributed by atoms with Crippen molar-refractivity contribution in [1.29, 1.82) is 0 Å². The molecule has 4 heterocycles. The number of pyridine rings is 3. The van der Waals surface area contributed by atoms with E-state index >= 15 is 0 Å². The Morgan fingerprint density at radius 1 is 0.929 bits per heavy atom. The van der Waals surface area contributed by atoms with E-state index in [4.69, 9.17) is 5.73 Å². The third kappa shape index (κ3) is 3.58. The number of carbonyl (C=O) groups is 1. The molecule has 1 amide bonds. The predicted molar refractivity (Wildman–Crippen MR) is 110 cm³/mol. The Morgan fingerprint density at radius 2 is 1.68 bits per heavy atom. The molecule has 1 aliphatic rings. The van der Waals surface area contributed by atoms with Crippen molar-refractivity contribution < 1.29 is 4.79 Å². The lowest BCUT2D eigenvalue weighted by Gasteiger charge is -2.26. The number of hydrogen-bond donors (Lipinski definition) is 1. The van der Waals surface area contributed by atoms with Crippen LogP contribution in [0.25, 0.3) is 22.3 Å². The standard InChI is InChI=1S/C22H23N5O/c1-15-21(17-6-8-20(23)26-14-17)18(9-10-24-15)16-5-7-19(25-13-16)22(28)27-11-3-2-4-12-27/h5-10,13-14H,2-4,11-12H2,1H3,(H2,23,26). The number of amides is 1. The minimum absolute atomic E-state index is 0.0140. The maximum absolute atomic E-state index is 12.7. The molecule has 0 bridgehead atoms. The third-order valence-corrected chi connectivity index (χ3v) is 5.15. The molecule has 0 atom stereocenters. The summed E-state index contributed by atoms with van der Waals surface area (Å²) in [4.78, 5) is 27.6. The van der Waals surface area contributed by atoms with Gasteiger partial charge in [-0.25, -0.2) is 4.98 Å². The monoisotopic (exact) mass is 373 g/mol. The fraction of sp³-hybridized carbons (Fsp3) is 0.273. The predicted octanol–water partition coefficient (Wildman–Crippen LogP) is 3.72. The van der Waals surface area contributed by atoms with Gasteiger partial charge >= 0.3 is 0 Å². The van der Waals surface area contributed by atoms with Gasteiger partial charge in [-0.05, 0) is 56.0 Å². The smallest absolute Gasteiger partial charge is 0.272 e. The van der Waals surface area contributed by atoms with Crippen molar-refractivity contribution in [3.63, 3.8) is 0 Å². The second kappa shape index (κ2) is 7.76. The fourth-order valence-corrected chi connectivity index (χ4v) is 3.66. The van der Waals surface area contributed by atoms with Crippen LogP contribution in [0.5, 0.6) is 0 Å². The molecule has 0 spiro atoms. The number of carbonyl (C=O) groups excluding carboxylic acids is 1. The summed E-state index contributed by atoms with van der Waals surface area (Å²) in [5.74, 6) is 0.495. The van der Waals surface area contributed by atoms with Crippen LogP contribution >= 0.6 is 0 Å². The Morgan fingerprint density at radius 3 is 2.36 bits per heavy atom. The molecule has 6 heteroatoms. The van der Waals surface area contributed by atoms with Crippen LogP contribution in [0, 0.1) is 6.92 Å². The van der Waals surface area contributed by atoms with Crippen LogP contribution in [0.1, 0.15) is 35.4 Å². The van der Waals surface area contributed by atoms with Crippen LogP contribution in [0.15, 0.2) is 48.9 Å². The van der Waals surface area contributed by atoms with Gasteiger partial charge in [-0.3, -0.25) is 14.8 Å². The van der Waals surface area contributed by atoms with Crippen molar-refractivity contribution in [2.45, 2.75) is 26.2 Å². The first-order valence-electron chi connectivity index (χ1n) is 9.57. The highest BCUT2D eigenvalue weighted by Gasteiger charge is 2.19. The molecule has 28 heavy (non-hydrogen) atoms. The number of rotatable bonds is 3. The molecule has 0 unspecified atom stereocenters. The van der Waals surface area contributed by atoms with Gasteiger partial charge in [0, 0.05) is 54.1 Å². The molecule has 3 aromatic heterocycles. The highest BCUT2D eigenvalue weighted by Crippen LogP contribution is 2.33. The Hall–Kier alpha value is -3.28. The summed E-state index contributed by atoms with van der Waals surface area (Å²) in [5, 5.41) is 0. The van der Waals surface area contributed by atoms with Gasteiger partial charge in [0.1, 0.15) is 11.5 Å². The van der Waals surface area contributed by atoms with Crippen molar-refractivity contribution >= 4 is 11.7 Å². The molecular formula is C22H23N5O. The molecule has 6 nitrogen and oxygen atoms in total. The molecule has 0 saturated carbocycles. The summed E-state index contributed by atoms with van der Waals surface area (Å²) >= 11 is 0. The number of aryl methyl sites for hydroxylation is 1. The first kappa shape index (κ1) is 18.1. The van der Waals surface area contributed by atoms with Crippen LogP contribution < -0.4 is 5.73 Å². The van der Waals surface area contributed by atoms with Gasteiger partial charge in [0.05, 0.1) is 0 Å². The Bertz CT molecular complexity index is 977. The Balaban J connectivity index is 1.67. The third-order valence-electron chi connectivity index (χ3n) is 5.15. The molecule has 2 N–H and O–H groups in total. The molecular weight excluding hydrogens is 350 g/mol. The number of piperidine rings is 1. The number of nitrogens with two attached hydrogens (primary N) is 1. The fourth-order valence-electron chi connectivity index (χ4n) is 3.66. The number of hydrogen-bond acceptors (Lipinski definition) is 5. The minimum atomic E-state index is 0.0140. The summed E-state index contributed by atoms with van der Waals surface area (Å²) in [6.45, 7) is 3.61. The number of nitrogens with zero attached hydrogens (tertiary/aromatic N) is 4. The topological polar surface area (TPSA) is 85.0 Å². The zero-order valence-electron chi connectivity index (χ0n) is 15.9. The number of aromatic nitrogens is 3. The van der Waals surface area contributed by atoms with E-state index in [1.54, 1.807) is 24.7 Å². The second-order valence-electron chi connectivity index (χ2n) is 7.08. The second-order valence-corrected chi connectivity index (χ2v) is 7.08. The lowest BCUT2D eigenvalue weighted by molar-refractivity contribution is 0.0718. The summed E-state index contributed by atoms with van der Waals surface area (Å²) < 4.78 is 0.